The molecule has 0 radical (unpaired) electrons. The zero-order chi connectivity index (χ0) is 18.9. The molecule has 0 bridgehead atoms. The molecule has 1 aromatic rings. The van der Waals surface area contributed by atoms with Gasteiger partial charge in [0.15, 0.2) is 0 Å². The van der Waals surface area contributed by atoms with Gasteiger partial charge in [0.2, 0.25) is 0 Å². The number of benzene rings is 1. The first kappa shape index (κ1) is 19.1. The van der Waals surface area contributed by atoms with E-state index in [0.29, 0.717) is 13.1 Å². The van der Waals surface area contributed by atoms with Crippen LogP contribution in [0.1, 0.15) is 30.4 Å². The minimum Gasteiger partial charge on any atom is -0.357 e. The highest BCUT2D eigenvalue weighted by Crippen LogP contribution is 2.27. The third-order valence-corrected chi connectivity index (χ3v) is 4.59. The molecular weight excluding hydrogens is 322 g/mol. The molecule has 0 aromatic heterocycles. The Morgan fingerprint density at radius 2 is 1.85 bits per heavy atom. The molecule has 0 N–H and O–H groups in total. The highest BCUT2D eigenvalue weighted by molar-refractivity contribution is 5.38. The zero-order valence-corrected chi connectivity index (χ0v) is 15.1. The number of hydrogen-bond acceptors (Lipinski definition) is 5. The van der Waals surface area contributed by atoms with Crippen LogP contribution >= 0.6 is 0 Å². The number of nitrogens with zero attached hydrogens (tertiary/aromatic N) is 5. The molecule has 2 aliphatic heterocycles. The van der Waals surface area contributed by atoms with Gasteiger partial charge >= 0.3 is 0 Å². The highest BCUT2D eigenvalue weighted by atomic mass is 15.5. The van der Waals surface area contributed by atoms with Crippen LogP contribution in [0, 0.1) is 24.2 Å². The van der Waals surface area contributed by atoms with Gasteiger partial charge in [-0.2, -0.15) is 10.4 Å². The van der Waals surface area contributed by atoms with E-state index >= 15 is 0 Å². The number of terminal acetylenes is 1. The molecular formula is C21H25N5. The highest BCUT2D eigenvalue weighted by Gasteiger charge is 2.26. The fourth-order valence-corrected chi connectivity index (χ4v) is 3.31. The lowest BCUT2D eigenvalue weighted by Gasteiger charge is -2.42. The lowest BCUT2D eigenvalue weighted by atomic mass is 10.1. The number of hydrogen-bond donors (Lipinski definition) is 0. The Hall–Kier alpha value is -3.18. The molecule has 2 aliphatic rings. The molecule has 26 heavy (non-hydrogen) atoms. The molecule has 5 nitrogen and oxygen atoms in total. The molecule has 1 aromatic carbocycles. The van der Waals surface area contributed by atoms with Crippen LogP contribution in [-0.4, -0.2) is 41.2 Å². The molecule has 0 unspecified atom stereocenters. The van der Waals surface area contributed by atoms with Crippen molar-refractivity contribution in [1.29, 1.82) is 5.26 Å². The summed E-state index contributed by atoms with van der Waals surface area (Å²) >= 11 is 0. The largest absolute Gasteiger partial charge is 0.357 e. The van der Waals surface area contributed by atoms with Crippen molar-refractivity contribution >= 4 is 6.72 Å². The Balaban J connectivity index is 0.00000117. The van der Waals surface area contributed by atoms with Crippen LogP contribution in [0.2, 0.25) is 0 Å². The van der Waals surface area contributed by atoms with Crippen molar-refractivity contribution in [3.63, 3.8) is 0 Å². The van der Waals surface area contributed by atoms with E-state index < -0.39 is 0 Å². The average Bonchev–Trinajstić information content (AvgIpc) is 2.71. The van der Waals surface area contributed by atoms with Crippen LogP contribution in [0.5, 0.6) is 0 Å². The summed E-state index contributed by atoms with van der Waals surface area (Å²) < 4.78 is 0. The second-order valence-electron chi connectivity index (χ2n) is 6.21. The summed E-state index contributed by atoms with van der Waals surface area (Å²) in [7, 11) is 0. The standard InChI is InChI=1S/C19H23N5.C2H2/c1-16-13-23(14-18-9-5-4-8-17(18)12-20)19(15-24(16)21-2)22-10-6-3-7-11-22;1-2/h4-5,8-9,15H,1-3,6-7,10-11,13-14H2;1-2H. The molecule has 5 heteroatoms. The van der Waals surface area contributed by atoms with Gasteiger partial charge in [-0.15, -0.1) is 12.8 Å². The summed E-state index contributed by atoms with van der Waals surface area (Å²) in [5.41, 5.74) is 2.65. The Bertz CT molecular complexity index is 734. The Morgan fingerprint density at radius 1 is 1.15 bits per heavy atom. The monoisotopic (exact) mass is 347 g/mol. The first-order valence-corrected chi connectivity index (χ1v) is 8.69. The van der Waals surface area contributed by atoms with E-state index in [0.717, 1.165) is 35.7 Å². The maximum atomic E-state index is 9.35. The van der Waals surface area contributed by atoms with Crippen molar-refractivity contribution in [2.75, 3.05) is 19.6 Å². The maximum Gasteiger partial charge on any atom is 0.123 e. The number of nitriles is 1. The van der Waals surface area contributed by atoms with Gasteiger partial charge in [-0.25, -0.2) is 5.01 Å². The first-order chi connectivity index (χ1) is 12.7. The van der Waals surface area contributed by atoms with Crippen LogP contribution < -0.4 is 0 Å². The van der Waals surface area contributed by atoms with Crippen LogP contribution in [0.4, 0.5) is 0 Å². The molecule has 3 rings (SSSR count). The smallest absolute Gasteiger partial charge is 0.123 e. The Labute approximate surface area is 156 Å². The molecule has 0 atom stereocenters. The second kappa shape index (κ2) is 9.34. The maximum absolute atomic E-state index is 9.35. The van der Waals surface area contributed by atoms with Crippen molar-refractivity contribution in [1.82, 2.24) is 14.8 Å². The third-order valence-electron chi connectivity index (χ3n) is 4.59. The lowest BCUT2D eigenvalue weighted by Crippen LogP contribution is -2.43. The minimum absolute atomic E-state index is 0.682. The van der Waals surface area contributed by atoms with E-state index in [1.165, 1.54) is 19.3 Å². The van der Waals surface area contributed by atoms with Crippen molar-refractivity contribution in [2.24, 2.45) is 5.10 Å². The molecule has 0 saturated carbocycles. The topological polar surface area (TPSA) is 45.9 Å². The summed E-state index contributed by atoms with van der Waals surface area (Å²) in [6.07, 6.45) is 13.7. The van der Waals surface area contributed by atoms with E-state index in [2.05, 4.69) is 47.1 Å². The van der Waals surface area contributed by atoms with Gasteiger partial charge in [0.25, 0.3) is 0 Å². The van der Waals surface area contributed by atoms with Gasteiger partial charge in [-0.05, 0) is 30.9 Å². The second-order valence-corrected chi connectivity index (χ2v) is 6.21. The van der Waals surface area contributed by atoms with Crippen molar-refractivity contribution < 1.29 is 0 Å². The number of rotatable bonds is 4. The zero-order valence-electron chi connectivity index (χ0n) is 15.1. The van der Waals surface area contributed by atoms with E-state index in [1.54, 1.807) is 5.01 Å². The van der Waals surface area contributed by atoms with Gasteiger partial charge < -0.3 is 9.80 Å². The van der Waals surface area contributed by atoms with Crippen molar-refractivity contribution in [3.05, 3.63) is 59.7 Å². The van der Waals surface area contributed by atoms with E-state index in [1.807, 2.05) is 30.5 Å². The van der Waals surface area contributed by atoms with Gasteiger partial charge in [0, 0.05) is 26.4 Å². The fourth-order valence-electron chi connectivity index (χ4n) is 3.31. The molecule has 134 valence electrons. The molecule has 2 heterocycles. The summed E-state index contributed by atoms with van der Waals surface area (Å²) in [5, 5.41) is 15.2. The SMILES string of the molecule is C#C.C=NN1C=C(N2CCCCC2)N(Cc2ccccc2C#N)CC1=C. The minimum atomic E-state index is 0.682. The van der Waals surface area contributed by atoms with Crippen LogP contribution in [0.25, 0.3) is 0 Å². The molecule has 1 saturated heterocycles. The van der Waals surface area contributed by atoms with E-state index in [-0.39, 0.29) is 0 Å². The van der Waals surface area contributed by atoms with E-state index in [4.69, 9.17) is 0 Å². The van der Waals surface area contributed by atoms with Crippen molar-refractivity contribution in [3.8, 4) is 18.9 Å². The molecule has 1 fully saturated rings. The Morgan fingerprint density at radius 3 is 2.50 bits per heavy atom. The average molecular weight is 347 g/mol. The Kier molecular flexibility index (Phi) is 6.88. The van der Waals surface area contributed by atoms with Crippen LogP contribution in [0.15, 0.2) is 53.7 Å². The predicted molar refractivity (Wildman–Crippen MR) is 105 cm³/mol. The number of hydrazone groups is 1. The third kappa shape index (κ3) is 4.26. The van der Waals surface area contributed by atoms with Gasteiger partial charge in [-0.3, -0.25) is 0 Å². The van der Waals surface area contributed by atoms with Crippen LogP contribution in [-0.2, 0) is 6.54 Å². The first-order valence-electron chi connectivity index (χ1n) is 8.69. The van der Waals surface area contributed by atoms with Gasteiger partial charge in [-0.1, -0.05) is 24.8 Å². The summed E-state index contributed by atoms with van der Waals surface area (Å²) in [6.45, 7) is 11.2. The summed E-state index contributed by atoms with van der Waals surface area (Å²) in [4.78, 5) is 4.69. The summed E-state index contributed by atoms with van der Waals surface area (Å²) in [6, 6.07) is 10.1. The van der Waals surface area contributed by atoms with Crippen molar-refractivity contribution in [2.45, 2.75) is 25.8 Å². The number of piperidine rings is 1. The summed E-state index contributed by atoms with van der Waals surface area (Å²) in [5.74, 6) is 1.14. The number of likely N-dealkylation sites (tertiary alicyclic amines) is 1. The molecule has 0 aliphatic carbocycles. The predicted octanol–water partition coefficient (Wildman–Crippen LogP) is 3.34. The molecule has 0 amide bonds. The van der Waals surface area contributed by atoms with Gasteiger partial charge in [0.05, 0.1) is 30.1 Å². The van der Waals surface area contributed by atoms with E-state index in [9.17, 15) is 5.26 Å². The lowest BCUT2D eigenvalue weighted by molar-refractivity contribution is 0.160. The fraction of sp³-hybridized carbons (Fsp3) is 0.333. The normalized spacial score (nSPS) is 16.9. The van der Waals surface area contributed by atoms with Crippen LogP contribution in [0.3, 0.4) is 0 Å². The molecule has 0 spiro atoms. The van der Waals surface area contributed by atoms with Gasteiger partial charge in [0.1, 0.15) is 5.82 Å². The quantitative estimate of drug-likeness (QED) is 0.619.